The second-order valence-corrected chi connectivity index (χ2v) is 5.86. The minimum atomic E-state index is 0.739. The molecule has 2 fully saturated rings. The molecule has 0 amide bonds. The number of nitrogens with one attached hydrogen (secondary N) is 2. The molecule has 2 unspecified atom stereocenters. The van der Waals surface area contributed by atoms with E-state index in [1.54, 1.807) is 0 Å². The van der Waals surface area contributed by atoms with Gasteiger partial charge in [0.2, 0.25) is 0 Å². The summed E-state index contributed by atoms with van der Waals surface area (Å²) in [5, 5.41) is 10.8. The molecule has 94 valence electrons. The molecule has 1 aromatic rings. The molecule has 0 bridgehead atoms. The molecule has 2 N–H and O–H groups in total. The van der Waals surface area contributed by atoms with Crippen LogP contribution in [-0.2, 0) is 6.54 Å². The lowest BCUT2D eigenvalue weighted by Gasteiger charge is -2.30. The van der Waals surface area contributed by atoms with E-state index in [0.717, 1.165) is 24.4 Å². The van der Waals surface area contributed by atoms with Crippen molar-refractivity contribution in [3.8, 4) is 0 Å². The molecule has 0 aromatic carbocycles. The zero-order valence-electron chi connectivity index (χ0n) is 10.7. The van der Waals surface area contributed by atoms with E-state index in [-0.39, 0.29) is 0 Å². The Balaban J connectivity index is 1.49. The van der Waals surface area contributed by atoms with E-state index in [1.807, 2.05) is 6.20 Å². The number of rotatable bonds is 4. The van der Waals surface area contributed by atoms with Gasteiger partial charge in [-0.1, -0.05) is 12.8 Å². The first-order valence-electron chi connectivity index (χ1n) is 7.05. The van der Waals surface area contributed by atoms with Crippen molar-refractivity contribution in [2.24, 2.45) is 11.8 Å². The summed E-state index contributed by atoms with van der Waals surface area (Å²) in [6.07, 6.45) is 10.6. The highest BCUT2D eigenvalue weighted by molar-refractivity contribution is 5.13. The summed E-state index contributed by atoms with van der Waals surface area (Å²) in [6, 6.07) is 0.739. The number of aromatic amines is 1. The second kappa shape index (κ2) is 4.81. The quantitative estimate of drug-likeness (QED) is 0.839. The van der Waals surface area contributed by atoms with Crippen LogP contribution < -0.4 is 5.32 Å². The third-order valence-corrected chi connectivity index (χ3v) is 4.52. The normalized spacial score (nSPS) is 29.5. The number of aromatic nitrogens is 2. The maximum atomic E-state index is 4.07. The molecule has 2 aliphatic carbocycles. The van der Waals surface area contributed by atoms with Crippen LogP contribution >= 0.6 is 0 Å². The molecule has 2 atom stereocenters. The topological polar surface area (TPSA) is 40.7 Å². The van der Waals surface area contributed by atoms with Crippen LogP contribution in [0.2, 0.25) is 0 Å². The molecule has 1 aromatic heterocycles. The van der Waals surface area contributed by atoms with E-state index in [2.05, 4.69) is 22.4 Å². The minimum absolute atomic E-state index is 0.739. The van der Waals surface area contributed by atoms with E-state index < -0.39 is 0 Å². The summed E-state index contributed by atoms with van der Waals surface area (Å²) < 4.78 is 0. The van der Waals surface area contributed by atoms with Crippen LogP contribution in [0.1, 0.15) is 49.8 Å². The third kappa shape index (κ3) is 2.71. The van der Waals surface area contributed by atoms with Crippen molar-refractivity contribution in [2.75, 3.05) is 0 Å². The number of hydrogen-bond donors (Lipinski definition) is 2. The van der Waals surface area contributed by atoms with Gasteiger partial charge in [0.25, 0.3) is 0 Å². The first-order chi connectivity index (χ1) is 8.33. The van der Waals surface area contributed by atoms with Crippen molar-refractivity contribution >= 4 is 0 Å². The van der Waals surface area contributed by atoms with Crippen LogP contribution in [0.15, 0.2) is 6.20 Å². The third-order valence-electron chi connectivity index (χ3n) is 4.52. The zero-order valence-corrected chi connectivity index (χ0v) is 10.7. The molecule has 2 aliphatic rings. The van der Waals surface area contributed by atoms with Crippen LogP contribution in [0.3, 0.4) is 0 Å². The Hall–Kier alpha value is -0.830. The van der Waals surface area contributed by atoms with E-state index >= 15 is 0 Å². The van der Waals surface area contributed by atoms with Gasteiger partial charge in [0.15, 0.2) is 0 Å². The average molecular weight is 233 g/mol. The molecule has 0 spiro atoms. The predicted molar refractivity (Wildman–Crippen MR) is 68.6 cm³/mol. The van der Waals surface area contributed by atoms with Gasteiger partial charge in [0.1, 0.15) is 0 Å². The van der Waals surface area contributed by atoms with Gasteiger partial charge >= 0.3 is 0 Å². The lowest BCUT2D eigenvalue weighted by Crippen LogP contribution is -2.34. The molecule has 17 heavy (non-hydrogen) atoms. The molecule has 3 rings (SSSR count). The molecule has 0 saturated heterocycles. The van der Waals surface area contributed by atoms with Crippen molar-refractivity contribution < 1.29 is 0 Å². The summed E-state index contributed by atoms with van der Waals surface area (Å²) in [5.74, 6) is 2.10. The number of H-pyrrole nitrogens is 1. The first kappa shape index (κ1) is 11.3. The Morgan fingerprint density at radius 2 is 2.18 bits per heavy atom. The lowest BCUT2D eigenvalue weighted by molar-refractivity contribution is 0.260. The maximum Gasteiger partial charge on any atom is 0.0535 e. The number of aryl methyl sites for hydroxylation is 1. The van der Waals surface area contributed by atoms with Gasteiger partial charge in [-0.05, 0) is 44.4 Å². The summed E-state index contributed by atoms with van der Waals surface area (Å²) in [5.41, 5.74) is 2.52. The Labute approximate surface area is 103 Å². The zero-order chi connectivity index (χ0) is 11.7. The summed E-state index contributed by atoms with van der Waals surface area (Å²) >= 11 is 0. The van der Waals surface area contributed by atoms with Crippen LogP contribution in [0.5, 0.6) is 0 Å². The fraction of sp³-hybridized carbons (Fsp3) is 0.786. The Bertz CT molecular complexity index is 367. The van der Waals surface area contributed by atoms with Gasteiger partial charge in [-0.2, -0.15) is 5.10 Å². The van der Waals surface area contributed by atoms with E-state index in [1.165, 1.54) is 49.8 Å². The molecule has 0 radical (unpaired) electrons. The first-order valence-corrected chi connectivity index (χ1v) is 7.05. The van der Waals surface area contributed by atoms with Crippen molar-refractivity contribution in [1.82, 2.24) is 15.5 Å². The lowest BCUT2D eigenvalue weighted by atomic mass is 9.82. The smallest absolute Gasteiger partial charge is 0.0535 e. The minimum Gasteiger partial charge on any atom is -0.310 e. The summed E-state index contributed by atoms with van der Waals surface area (Å²) in [4.78, 5) is 0. The monoisotopic (exact) mass is 233 g/mol. The SMILES string of the molecule is Cc1[nH]ncc1CNC1CCCC(C2CC2)C1. The molecule has 3 heteroatoms. The molecule has 1 heterocycles. The van der Waals surface area contributed by atoms with Gasteiger partial charge in [-0.3, -0.25) is 5.10 Å². The van der Waals surface area contributed by atoms with Gasteiger partial charge in [0, 0.05) is 23.8 Å². The average Bonchev–Trinajstić information content (AvgIpc) is 3.12. The van der Waals surface area contributed by atoms with E-state index in [9.17, 15) is 0 Å². The Morgan fingerprint density at radius 3 is 2.88 bits per heavy atom. The molecule has 2 saturated carbocycles. The van der Waals surface area contributed by atoms with Gasteiger partial charge in [0.05, 0.1) is 6.20 Å². The second-order valence-electron chi connectivity index (χ2n) is 5.86. The number of nitrogens with zero attached hydrogens (tertiary/aromatic N) is 1. The highest BCUT2D eigenvalue weighted by Crippen LogP contribution is 2.43. The predicted octanol–water partition coefficient (Wildman–Crippen LogP) is 2.78. The van der Waals surface area contributed by atoms with Gasteiger partial charge < -0.3 is 5.32 Å². The Morgan fingerprint density at radius 1 is 1.29 bits per heavy atom. The van der Waals surface area contributed by atoms with Crippen LogP contribution in [0, 0.1) is 18.8 Å². The van der Waals surface area contributed by atoms with Gasteiger partial charge in [-0.15, -0.1) is 0 Å². The van der Waals surface area contributed by atoms with Crippen molar-refractivity contribution in [2.45, 2.75) is 58.0 Å². The van der Waals surface area contributed by atoms with E-state index in [4.69, 9.17) is 0 Å². The molecular weight excluding hydrogens is 210 g/mol. The maximum absolute atomic E-state index is 4.07. The molecule has 0 aliphatic heterocycles. The van der Waals surface area contributed by atoms with Crippen LogP contribution in [0.25, 0.3) is 0 Å². The Kier molecular flexibility index (Phi) is 3.19. The molecular formula is C14H23N3. The van der Waals surface area contributed by atoms with Crippen LogP contribution in [0.4, 0.5) is 0 Å². The fourth-order valence-corrected chi connectivity index (χ4v) is 3.22. The molecule has 3 nitrogen and oxygen atoms in total. The highest BCUT2D eigenvalue weighted by Gasteiger charge is 2.34. The van der Waals surface area contributed by atoms with Crippen molar-refractivity contribution in [3.05, 3.63) is 17.5 Å². The highest BCUT2D eigenvalue weighted by atomic mass is 15.1. The fourth-order valence-electron chi connectivity index (χ4n) is 3.22. The van der Waals surface area contributed by atoms with E-state index in [0.29, 0.717) is 0 Å². The van der Waals surface area contributed by atoms with Gasteiger partial charge in [-0.25, -0.2) is 0 Å². The standard InChI is InChI=1S/C14H23N3/c1-10-13(9-16-17-10)8-15-14-4-2-3-12(7-14)11-5-6-11/h9,11-12,14-15H,2-8H2,1H3,(H,16,17). The largest absolute Gasteiger partial charge is 0.310 e. The summed E-state index contributed by atoms with van der Waals surface area (Å²) in [6.45, 7) is 3.07. The van der Waals surface area contributed by atoms with Crippen molar-refractivity contribution in [3.63, 3.8) is 0 Å². The van der Waals surface area contributed by atoms with Crippen LogP contribution in [-0.4, -0.2) is 16.2 Å². The summed E-state index contributed by atoms with van der Waals surface area (Å²) in [7, 11) is 0. The number of hydrogen-bond acceptors (Lipinski definition) is 2. The van der Waals surface area contributed by atoms with Crippen molar-refractivity contribution in [1.29, 1.82) is 0 Å².